The van der Waals surface area contributed by atoms with E-state index in [1.807, 2.05) is 0 Å². The van der Waals surface area contributed by atoms with E-state index in [4.69, 9.17) is 9.47 Å². The summed E-state index contributed by atoms with van der Waals surface area (Å²) in [5, 5.41) is 9.19. The van der Waals surface area contributed by atoms with Crippen molar-refractivity contribution in [3.8, 4) is 17.4 Å². The van der Waals surface area contributed by atoms with Crippen LogP contribution in [0.3, 0.4) is 0 Å². The lowest BCUT2D eigenvalue weighted by molar-refractivity contribution is 0.171. The Morgan fingerprint density at radius 2 is 2.36 bits per heavy atom. The van der Waals surface area contributed by atoms with Crippen LogP contribution in [0.15, 0.2) is 6.07 Å². The van der Waals surface area contributed by atoms with Gasteiger partial charge in [0.25, 0.3) is 5.88 Å². The second-order valence-electron chi connectivity index (χ2n) is 2.30. The van der Waals surface area contributed by atoms with Crippen LogP contribution in [0.4, 0.5) is 0 Å². The Hall–Kier alpha value is -1.45. The number of rotatable bonds is 0. The number of pyridine rings is 1. The Balaban J connectivity index is 2.57. The molecule has 0 radical (unpaired) electrons. The fourth-order valence-electron chi connectivity index (χ4n) is 0.911. The molecule has 1 aliphatic rings. The van der Waals surface area contributed by atoms with Crippen LogP contribution in [0, 0.1) is 6.92 Å². The van der Waals surface area contributed by atoms with Gasteiger partial charge >= 0.3 is 0 Å². The highest BCUT2D eigenvalue weighted by Crippen LogP contribution is 2.33. The number of aromatic hydroxyl groups is 1. The largest absolute Gasteiger partial charge is 0.506 e. The molecule has 0 aromatic carbocycles. The number of hydrogen-bond donors (Lipinski definition) is 1. The van der Waals surface area contributed by atoms with Crippen molar-refractivity contribution in [3.05, 3.63) is 11.8 Å². The first-order valence-electron chi connectivity index (χ1n) is 3.23. The standard InChI is InChI=1S/C7H7NO3/c1-4-5(9)2-6-7(8-4)11-3-10-6/h2,9H,3H2,1H3. The average molecular weight is 153 g/mol. The first-order valence-corrected chi connectivity index (χ1v) is 3.23. The molecule has 58 valence electrons. The van der Waals surface area contributed by atoms with Crippen LogP contribution in [0.25, 0.3) is 0 Å². The molecule has 4 heteroatoms. The predicted molar refractivity (Wildman–Crippen MR) is 36.8 cm³/mol. The summed E-state index contributed by atoms with van der Waals surface area (Å²) in [7, 11) is 0. The molecule has 2 rings (SSSR count). The lowest BCUT2D eigenvalue weighted by Gasteiger charge is -1.98. The molecule has 4 nitrogen and oxygen atoms in total. The van der Waals surface area contributed by atoms with Gasteiger partial charge in [-0.3, -0.25) is 0 Å². The van der Waals surface area contributed by atoms with E-state index in [1.54, 1.807) is 6.92 Å². The van der Waals surface area contributed by atoms with Crippen LogP contribution in [0.2, 0.25) is 0 Å². The minimum Gasteiger partial charge on any atom is -0.506 e. The van der Waals surface area contributed by atoms with Gasteiger partial charge in [-0.05, 0) is 6.92 Å². The van der Waals surface area contributed by atoms with Crippen molar-refractivity contribution in [2.24, 2.45) is 0 Å². The number of ether oxygens (including phenoxy) is 2. The molecule has 0 unspecified atom stereocenters. The highest BCUT2D eigenvalue weighted by atomic mass is 16.7. The van der Waals surface area contributed by atoms with Gasteiger partial charge in [-0.2, -0.15) is 0 Å². The lowest BCUT2D eigenvalue weighted by Crippen LogP contribution is -1.93. The normalized spacial score (nSPS) is 13.5. The summed E-state index contributed by atoms with van der Waals surface area (Å²) in [5.74, 6) is 1.10. The zero-order valence-corrected chi connectivity index (χ0v) is 6.00. The van der Waals surface area contributed by atoms with Gasteiger partial charge in [0.15, 0.2) is 5.75 Å². The summed E-state index contributed by atoms with van der Waals surface area (Å²) in [4.78, 5) is 3.96. The molecule has 0 fully saturated rings. The van der Waals surface area contributed by atoms with Crippen molar-refractivity contribution in [2.45, 2.75) is 6.92 Å². The van der Waals surface area contributed by atoms with E-state index in [-0.39, 0.29) is 12.5 Å². The summed E-state index contributed by atoms with van der Waals surface area (Å²) in [6.07, 6.45) is 0. The molecule has 0 aliphatic carbocycles. The van der Waals surface area contributed by atoms with E-state index < -0.39 is 0 Å². The van der Waals surface area contributed by atoms with E-state index in [1.165, 1.54) is 6.07 Å². The molecule has 0 bridgehead atoms. The van der Waals surface area contributed by atoms with Gasteiger partial charge in [0, 0.05) is 6.07 Å². The number of fused-ring (bicyclic) bond motifs is 1. The third-order valence-corrected chi connectivity index (χ3v) is 1.53. The van der Waals surface area contributed by atoms with Crippen LogP contribution in [0.5, 0.6) is 17.4 Å². The van der Waals surface area contributed by atoms with Crippen LogP contribution in [0.1, 0.15) is 5.69 Å². The van der Waals surface area contributed by atoms with Crippen molar-refractivity contribution in [3.63, 3.8) is 0 Å². The quantitative estimate of drug-likeness (QED) is 0.599. The zero-order valence-electron chi connectivity index (χ0n) is 6.00. The summed E-state index contributed by atoms with van der Waals surface area (Å²) in [6.45, 7) is 1.89. The van der Waals surface area contributed by atoms with E-state index in [0.717, 1.165) is 0 Å². The minimum absolute atomic E-state index is 0.134. The molecule has 0 atom stereocenters. The molecule has 11 heavy (non-hydrogen) atoms. The Labute approximate surface area is 63.4 Å². The number of hydrogen-bond acceptors (Lipinski definition) is 4. The molecular formula is C7H7NO3. The summed E-state index contributed by atoms with van der Waals surface area (Å²) in [6, 6.07) is 1.50. The number of aromatic nitrogens is 1. The molecular weight excluding hydrogens is 146 g/mol. The van der Waals surface area contributed by atoms with E-state index in [9.17, 15) is 5.11 Å². The Kier molecular flexibility index (Phi) is 1.15. The second kappa shape index (κ2) is 2.02. The van der Waals surface area contributed by atoms with Crippen LogP contribution < -0.4 is 9.47 Å². The molecule has 2 heterocycles. The highest BCUT2D eigenvalue weighted by Gasteiger charge is 2.16. The molecule has 0 saturated carbocycles. The average Bonchev–Trinajstić information content (AvgIpc) is 2.36. The van der Waals surface area contributed by atoms with Crippen molar-refractivity contribution >= 4 is 0 Å². The highest BCUT2D eigenvalue weighted by molar-refractivity contribution is 5.43. The van der Waals surface area contributed by atoms with E-state index in [0.29, 0.717) is 17.3 Å². The van der Waals surface area contributed by atoms with Crippen LogP contribution >= 0.6 is 0 Å². The maximum absolute atomic E-state index is 9.19. The Morgan fingerprint density at radius 1 is 1.55 bits per heavy atom. The summed E-state index contributed by atoms with van der Waals surface area (Å²) in [5.41, 5.74) is 0.550. The second-order valence-corrected chi connectivity index (χ2v) is 2.30. The van der Waals surface area contributed by atoms with Crippen molar-refractivity contribution in [1.29, 1.82) is 0 Å². The van der Waals surface area contributed by atoms with Gasteiger partial charge in [0.1, 0.15) is 5.75 Å². The van der Waals surface area contributed by atoms with Crippen molar-refractivity contribution in [1.82, 2.24) is 4.98 Å². The Morgan fingerprint density at radius 3 is 3.18 bits per heavy atom. The van der Waals surface area contributed by atoms with Crippen LogP contribution in [-0.2, 0) is 0 Å². The molecule has 1 aromatic heterocycles. The number of aryl methyl sites for hydroxylation is 1. The van der Waals surface area contributed by atoms with Gasteiger partial charge in [0.05, 0.1) is 5.69 Å². The predicted octanol–water partition coefficient (Wildman–Crippen LogP) is 0.824. The van der Waals surface area contributed by atoms with Gasteiger partial charge in [-0.25, -0.2) is 4.98 Å². The fraction of sp³-hybridized carbons (Fsp3) is 0.286. The SMILES string of the molecule is Cc1nc2c(cc1O)OCO2. The monoisotopic (exact) mass is 153 g/mol. The minimum atomic E-state index is 0.134. The molecule has 1 N–H and O–H groups in total. The topological polar surface area (TPSA) is 51.6 Å². The van der Waals surface area contributed by atoms with Crippen molar-refractivity contribution in [2.75, 3.05) is 6.79 Å². The third kappa shape index (κ3) is 0.869. The first kappa shape index (κ1) is 6.27. The van der Waals surface area contributed by atoms with E-state index >= 15 is 0 Å². The fourth-order valence-corrected chi connectivity index (χ4v) is 0.911. The first-order chi connectivity index (χ1) is 5.27. The zero-order chi connectivity index (χ0) is 7.84. The van der Waals surface area contributed by atoms with Gasteiger partial charge < -0.3 is 14.6 Å². The third-order valence-electron chi connectivity index (χ3n) is 1.53. The Bertz CT molecular complexity index is 269. The number of nitrogens with zero attached hydrogens (tertiary/aromatic N) is 1. The molecule has 0 saturated heterocycles. The molecule has 1 aromatic rings. The summed E-state index contributed by atoms with van der Waals surface area (Å²) < 4.78 is 9.98. The van der Waals surface area contributed by atoms with Crippen LogP contribution in [-0.4, -0.2) is 16.9 Å². The summed E-state index contributed by atoms with van der Waals surface area (Å²) >= 11 is 0. The smallest absolute Gasteiger partial charge is 0.260 e. The maximum atomic E-state index is 9.19. The lowest BCUT2D eigenvalue weighted by atomic mass is 10.3. The van der Waals surface area contributed by atoms with E-state index in [2.05, 4.69) is 4.98 Å². The molecule has 0 amide bonds. The maximum Gasteiger partial charge on any atom is 0.260 e. The van der Waals surface area contributed by atoms with Gasteiger partial charge in [-0.15, -0.1) is 0 Å². The molecule has 1 aliphatic heterocycles. The molecule has 0 spiro atoms. The van der Waals surface area contributed by atoms with Gasteiger partial charge in [-0.1, -0.05) is 0 Å². The van der Waals surface area contributed by atoms with Gasteiger partial charge in [0.2, 0.25) is 6.79 Å². The van der Waals surface area contributed by atoms with Crippen molar-refractivity contribution < 1.29 is 14.6 Å².